The van der Waals surface area contributed by atoms with Crippen LogP contribution in [-0.4, -0.2) is 26.9 Å². The average Bonchev–Trinajstić information content (AvgIpc) is 2.85. The van der Waals surface area contributed by atoms with Crippen molar-refractivity contribution >= 4 is 28.0 Å². The zero-order valence-corrected chi connectivity index (χ0v) is 14.0. The number of alkyl carbamates (subject to hydrolysis) is 1. The monoisotopic (exact) mass is 381 g/mol. The first kappa shape index (κ1) is 17.0. The number of aromatic nitrogens is 2. The third kappa shape index (κ3) is 4.82. The number of nitrogens with one attached hydrogen (secondary N) is 1. The van der Waals surface area contributed by atoms with E-state index in [1.165, 1.54) is 6.20 Å². The molecule has 0 saturated carbocycles. The lowest BCUT2D eigenvalue weighted by atomic mass is 10.1. The van der Waals surface area contributed by atoms with Crippen LogP contribution in [0.5, 0.6) is 0 Å². The molecule has 0 aliphatic rings. The van der Waals surface area contributed by atoms with Crippen molar-refractivity contribution in [1.82, 2.24) is 15.1 Å². The molecule has 1 unspecified atom stereocenters. The van der Waals surface area contributed by atoms with Gasteiger partial charge in [-0.2, -0.15) is 5.10 Å². The third-order valence-corrected chi connectivity index (χ3v) is 4.12. The summed E-state index contributed by atoms with van der Waals surface area (Å²) >= 11 is 3.32. The van der Waals surface area contributed by atoms with Crippen LogP contribution in [-0.2, 0) is 23.2 Å². The molecule has 0 radical (unpaired) electrons. The van der Waals surface area contributed by atoms with Crippen molar-refractivity contribution in [1.29, 1.82) is 0 Å². The van der Waals surface area contributed by atoms with Crippen LogP contribution in [0.1, 0.15) is 23.6 Å². The molecule has 1 heterocycles. The number of nitrogens with zero attached hydrogens (tertiary/aromatic N) is 2. The summed E-state index contributed by atoms with van der Waals surface area (Å²) in [6, 6.07) is 8.48. The van der Waals surface area contributed by atoms with Crippen LogP contribution in [0.25, 0.3) is 0 Å². The standard InChI is InChI=1S/C15H16BrN3O4/c1-19-14(16)11(8-17-19)12(7-13(20)21)18-15(22)23-9-10-5-3-2-4-6-10/h2-6,8,12H,7,9H2,1H3,(H,18,22)(H,20,21). The van der Waals surface area contributed by atoms with Crippen LogP contribution < -0.4 is 5.32 Å². The van der Waals surface area contributed by atoms with E-state index in [4.69, 9.17) is 9.84 Å². The van der Waals surface area contributed by atoms with E-state index < -0.39 is 18.1 Å². The van der Waals surface area contributed by atoms with Gasteiger partial charge in [0.1, 0.15) is 11.2 Å². The Kier molecular flexibility index (Phi) is 5.75. The van der Waals surface area contributed by atoms with E-state index in [9.17, 15) is 9.59 Å². The number of hydrogen-bond donors (Lipinski definition) is 2. The molecule has 0 fully saturated rings. The fourth-order valence-electron chi connectivity index (χ4n) is 1.99. The van der Waals surface area contributed by atoms with E-state index in [1.807, 2.05) is 30.3 Å². The van der Waals surface area contributed by atoms with E-state index in [2.05, 4.69) is 26.3 Å². The zero-order chi connectivity index (χ0) is 16.8. The van der Waals surface area contributed by atoms with Gasteiger partial charge in [0, 0.05) is 12.6 Å². The predicted molar refractivity (Wildman–Crippen MR) is 85.7 cm³/mol. The summed E-state index contributed by atoms with van der Waals surface area (Å²) in [4.78, 5) is 23.0. The van der Waals surface area contributed by atoms with Gasteiger partial charge in [0.05, 0.1) is 18.7 Å². The Bertz CT molecular complexity index is 687. The number of amides is 1. The minimum absolute atomic E-state index is 0.112. The molecular weight excluding hydrogens is 366 g/mol. The van der Waals surface area contributed by atoms with Gasteiger partial charge in [-0.05, 0) is 21.5 Å². The highest BCUT2D eigenvalue weighted by Crippen LogP contribution is 2.25. The SMILES string of the molecule is Cn1ncc(C(CC(=O)O)NC(=O)OCc2ccccc2)c1Br. The van der Waals surface area contributed by atoms with Gasteiger partial charge < -0.3 is 15.2 Å². The highest BCUT2D eigenvalue weighted by Gasteiger charge is 2.23. The summed E-state index contributed by atoms with van der Waals surface area (Å²) in [6.07, 6.45) is 0.552. The maximum atomic E-state index is 11.9. The van der Waals surface area contributed by atoms with E-state index in [-0.39, 0.29) is 13.0 Å². The second-order valence-electron chi connectivity index (χ2n) is 4.87. The van der Waals surface area contributed by atoms with Crippen molar-refractivity contribution in [2.45, 2.75) is 19.1 Å². The number of hydrogen-bond acceptors (Lipinski definition) is 4. The Morgan fingerprint density at radius 3 is 2.65 bits per heavy atom. The summed E-state index contributed by atoms with van der Waals surface area (Å²) in [5.41, 5.74) is 1.42. The lowest BCUT2D eigenvalue weighted by Crippen LogP contribution is -2.30. The molecular formula is C15H16BrN3O4. The molecule has 0 saturated heterocycles. The second kappa shape index (κ2) is 7.77. The summed E-state index contributed by atoms with van der Waals surface area (Å²) in [6.45, 7) is 0.112. The first-order chi connectivity index (χ1) is 11.0. The Morgan fingerprint density at radius 2 is 2.09 bits per heavy atom. The van der Waals surface area contributed by atoms with Gasteiger partial charge in [0.25, 0.3) is 0 Å². The van der Waals surface area contributed by atoms with Crippen molar-refractivity contribution in [2.75, 3.05) is 0 Å². The first-order valence-corrected chi connectivity index (χ1v) is 7.63. The number of carboxylic acids is 1. The van der Waals surface area contributed by atoms with Crippen LogP contribution >= 0.6 is 15.9 Å². The number of ether oxygens (including phenoxy) is 1. The molecule has 7 nitrogen and oxygen atoms in total. The molecule has 1 atom stereocenters. The van der Waals surface area contributed by atoms with Gasteiger partial charge >= 0.3 is 12.1 Å². The highest BCUT2D eigenvalue weighted by atomic mass is 79.9. The summed E-state index contributed by atoms with van der Waals surface area (Å²) in [5.74, 6) is -1.03. The van der Waals surface area contributed by atoms with Gasteiger partial charge in [0.15, 0.2) is 0 Å². The molecule has 2 aromatic rings. The van der Waals surface area contributed by atoms with Gasteiger partial charge in [-0.15, -0.1) is 0 Å². The van der Waals surface area contributed by atoms with E-state index in [1.54, 1.807) is 11.7 Å². The van der Waals surface area contributed by atoms with Crippen LogP contribution in [0, 0.1) is 0 Å². The number of benzene rings is 1. The van der Waals surface area contributed by atoms with Crippen molar-refractivity contribution in [3.63, 3.8) is 0 Å². The molecule has 2 N–H and O–H groups in total. The minimum Gasteiger partial charge on any atom is -0.481 e. The van der Waals surface area contributed by atoms with Gasteiger partial charge in [-0.1, -0.05) is 30.3 Å². The first-order valence-electron chi connectivity index (χ1n) is 6.83. The van der Waals surface area contributed by atoms with Crippen molar-refractivity contribution in [3.8, 4) is 0 Å². The number of carboxylic acid groups (broad SMARTS) is 1. The van der Waals surface area contributed by atoms with E-state index in [0.717, 1.165) is 5.56 Å². The largest absolute Gasteiger partial charge is 0.481 e. The van der Waals surface area contributed by atoms with Gasteiger partial charge in [-0.3, -0.25) is 9.48 Å². The molecule has 0 aliphatic carbocycles. The fraction of sp³-hybridized carbons (Fsp3) is 0.267. The van der Waals surface area contributed by atoms with Crippen molar-refractivity contribution in [3.05, 3.63) is 52.3 Å². The van der Waals surface area contributed by atoms with Crippen LogP contribution in [0.2, 0.25) is 0 Å². The molecule has 1 aromatic heterocycles. The maximum absolute atomic E-state index is 11.9. The summed E-state index contributed by atoms with van der Waals surface area (Å²) < 4.78 is 7.27. The quantitative estimate of drug-likeness (QED) is 0.801. The Hall–Kier alpha value is -2.35. The normalized spacial score (nSPS) is 11.7. The average molecular weight is 382 g/mol. The number of aliphatic carboxylic acids is 1. The lowest BCUT2D eigenvalue weighted by Gasteiger charge is -2.16. The maximum Gasteiger partial charge on any atom is 0.407 e. The number of carbonyl (C=O) groups excluding carboxylic acids is 1. The van der Waals surface area contributed by atoms with Crippen LogP contribution in [0.4, 0.5) is 4.79 Å². The van der Waals surface area contributed by atoms with Crippen molar-refractivity contribution in [2.24, 2.45) is 7.05 Å². The predicted octanol–water partition coefficient (Wildman–Crippen LogP) is 2.62. The number of aryl methyl sites for hydroxylation is 1. The van der Waals surface area contributed by atoms with Crippen LogP contribution in [0.15, 0.2) is 41.1 Å². The van der Waals surface area contributed by atoms with Gasteiger partial charge in [-0.25, -0.2) is 4.79 Å². The molecule has 0 spiro atoms. The number of carbonyl (C=O) groups is 2. The van der Waals surface area contributed by atoms with E-state index in [0.29, 0.717) is 10.2 Å². The Morgan fingerprint density at radius 1 is 1.39 bits per heavy atom. The molecule has 1 aromatic carbocycles. The molecule has 23 heavy (non-hydrogen) atoms. The Balaban J connectivity index is 2.01. The highest BCUT2D eigenvalue weighted by molar-refractivity contribution is 9.10. The summed E-state index contributed by atoms with van der Waals surface area (Å²) in [5, 5.41) is 15.6. The molecule has 2 rings (SSSR count). The molecule has 0 aliphatic heterocycles. The van der Waals surface area contributed by atoms with Gasteiger partial charge in [0.2, 0.25) is 0 Å². The molecule has 0 bridgehead atoms. The molecule has 122 valence electrons. The number of halogens is 1. The zero-order valence-electron chi connectivity index (χ0n) is 12.4. The fourth-order valence-corrected chi connectivity index (χ4v) is 2.46. The third-order valence-electron chi connectivity index (χ3n) is 3.15. The lowest BCUT2D eigenvalue weighted by molar-refractivity contribution is -0.137. The summed E-state index contributed by atoms with van der Waals surface area (Å²) in [7, 11) is 1.71. The minimum atomic E-state index is -1.03. The molecule has 1 amide bonds. The Labute approximate surface area is 141 Å². The number of rotatable bonds is 6. The van der Waals surface area contributed by atoms with Crippen LogP contribution in [0.3, 0.4) is 0 Å². The van der Waals surface area contributed by atoms with E-state index >= 15 is 0 Å². The topological polar surface area (TPSA) is 93.5 Å². The van der Waals surface area contributed by atoms with Crippen molar-refractivity contribution < 1.29 is 19.4 Å². The second-order valence-corrected chi connectivity index (χ2v) is 5.62. The smallest absolute Gasteiger partial charge is 0.407 e. The molecule has 8 heteroatoms.